The standard InChI is InChI=1S/C15H20N4/c1-2-4-14(16)15-10-19(18-17-15)13-8-7-11-5-3-6-12(11)9-13/h7-10,14H,2-6,16H2,1H3. The lowest BCUT2D eigenvalue weighted by molar-refractivity contribution is 0.619. The maximum absolute atomic E-state index is 6.07. The number of rotatable bonds is 4. The third kappa shape index (κ3) is 2.40. The SMILES string of the molecule is CCCC(N)c1cn(-c2ccc3c(c2)CCC3)nn1. The zero-order valence-corrected chi connectivity index (χ0v) is 11.3. The minimum absolute atomic E-state index is 0.00632. The Labute approximate surface area is 113 Å². The van der Waals surface area contributed by atoms with Crippen molar-refractivity contribution >= 4 is 0 Å². The molecule has 0 fully saturated rings. The molecule has 2 N–H and O–H groups in total. The van der Waals surface area contributed by atoms with Crippen LogP contribution >= 0.6 is 0 Å². The number of hydrogen-bond donors (Lipinski definition) is 1. The second-order valence-corrected chi connectivity index (χ2v) is 5.29. The summed E-state index contributed by atoms with van der Waals surface area (Å²) >= 11 is 0. The third-order valence-corrected chi connectivity index (χ3v) is 3.84. The number of aryl methyl sites for hydroxylation is 2. The summed E-state index contributed by atoms with van der Waals surface area (Å²) in [6.07, 6.45) is 7.62. The van der Waals surface area contributed by atoms with Crippen molar-refractivity contribution in [3.8, 4) is 5.69 Å². The molecule has 0 aliphatic heterocycles. The maximum Gasteiger partial charge on any atom is 0.0998 e. The van der Waals surface area contributed by atoms with Crippen molar-refractivity contribution in [2.45, 2.75) is 45.1 Å². The molecule has 1 aliphatic carbocycles. The lowest BCUT2D eigenvalue weighted by Crippen LogP contribution is -2.10. The van der Waals surface area contributed by atoms with Crippen LogP contribution in [0.4, 0.5) is 0 Å². The van der Waals surface area contributed by atoms with Gasteiger partial charge < -0.3 is 5.73 Å². The van der Waals surface area contributed by atoms with E-state index >= 15 is 0 Å². The van der Waals surface area contributed by atoms with E-state index in [1.807, 2.05) is 10.9 Å². The van der Waals surface area contributed by atoms with E-state index in [0.29, 0.717) is 0 Å². The second-order valence-electron chi connectivity index (χ2n) is 5.29. The van der Waals surface area contributed by atoms with E-state index in [2.05, 4.69) is 35.4 Å². The highest BCUT2D eigenvalue weighted by atomic mass is 15.4. The minimum Gasteiger partial charge on any atom is -0.323 e. The van der Waals surface area contributed by atoms with E-state index in [1.54, 1.807) is 0 Å². The van der Waals surface area contributed by atoms with Crippen LogP contribution in [0.15, 0.2) is 24.4 Å². The first-order valence-electron chi connectivity index (χ1n) is 7.08. The summed E-state index contributed by atoms with van der Waals surface area (Å²) in [5.74, 6) is 0. The summed E-state index contributed by atoms with van der Waals surface area (Å²) in [6, 6.07) is 6.55. The van der Waals surface area contributed by atoms with E-state index in [9.17, 15) is 0 Å². The molecule has 0 saturated carbocycles. The van der Waals surface area contributed by atoms with Gasteiger partial charge in [0.1, 0.15) is 0 Å². The summed E-state index contributed by atoms with van der Waals surface area (Å²) in [5, 5.41) is 8.39. The molecule has 0 radical (unpaired) electrons. The van der Waals surface area contributed by atoms with Gasteiger partial charge in [-0.15, -0.1) is 5.10 Å². The van der Waals surface area contributed by atoms with Crippen LogP contribution in [0.3, 0.4) is 0 Å². The predicted molar refractivity (Wildman–Crippen MR) is 75.2 cm³/mol. The summed E-state index contributed by atoms with van der Waals surface area (Å²) in [5.41, 5.74) is 11.0. The van der Waals surface area contributed by atoms with Crippen LogP contribution in [0.5, 0.6) is 0 Å². The molecule has 1 aromatic heterocycles. The van der Waals surface area contributed by atoms with Crippen molar-refractivity contribution in [1.82, 2.24) is 15.0 Å². The molecule has 0 saturated heterocycles. The Kier molecular flexibility index (Phi) is 3.34. The summed E-state index contributed by atoms with van der Waals surface area (Å²) < 4.78 is 1.84. The van der Waals surface area contributed by atoms with E-state index in [-0.39, 0.29) is 6.04 Å². The van der Waals surface area contributed by atoms with Crippen LogP contribution in [0.2, 0.25) is 0 Å². The number of fused-ring (bicyclic) bond motifs is 1. The molecule has 1 atom stereocenters. The number of aromatic nitrogens is 3. The molecule has 0 bridgehead atoms. The Balaban J connectivity index is 1.86. The lowest BCUT2D eigenvalue weighted by Gasteiger charge is -2.05. The molecule has 0 spiro atoms. The Hall–Kier alpha value is -1.68. The van der Waals surface area contributed by atoms with Gasteiger partial charge in [0.15, 0.2) is 0 Å². The predicted octanol–water partition coefficient (Wildman–Crippen LogP) is 2.56. The molecular weight excluding hydrogens is 236 g/mol. The normalized spacial score (nSPS) is 15.5. The average molecular weight is 256 g/mol. The van der Waals surface area contributed by atoms with Gasteiger partial charge >= 0.3 is 0 Å². The fraction of sp³-hybridized carbons (Fsp3) is 0.467. The molecule has 4 nitrogen and oxygen atoms in total. The van der Waals surface area contributed by atoms with E-state index in [1.165, 1.54) is 30.4 Å². The molecule has 3 rings (SSSR count). The number of benzene rings is 1. The molecule has 1 heterocycles. The highest BCUT2D eigenvalue weighted by Crippen LogP contribution is 2.24. The summed E-state index contributed by atoms with van der Waals surface area (Å²) in [6.45, 7) is 2.13. The van der Waals surface area contributed by atoms with E-state index in [0.717, 1.165) is 24.2 Å². The number of nitrogens with zero attached hydrogens (tertiary/aromatic N) is 3. The lowest BCUT2D eigenvalue weighted by atomic mass is 10.1. The molecule has 100 valence electrons. The molecule has 4 heteroatoms. The first-order chi connectivity index (χ1) is 9.28. The van der Waals surface area contributed by atoms with Crippen LogP contribution in [-0.2, 0) is 12.8 Å². The smallest absolute Gasteiger partial charge is 0.0998 e. The molecule has 1 unspecified atom stereocenters. The van der Waals surface area contributed by atoms with Gasteiger partial charge in [-0.2, -0.15) is 0 Å². The van der Waals surface area contributed by atoms with Crippen molar-refractivity contribution in [1.29, 1.82) is 0 Å². The highest BCUT2D eigenvalue weighted by Gasteiger charge is 2.13. The Bertz CT molecular complexity index is 573. The second kappa shape index (κ2) is 5.13. The first kappa shape index (κ1) is 12.4. The summed E-state index contributed by atoms with van der Waals surface area (Å²) in [7, 11) is 0. The van der Waals surface area contributed by atoms with Crippen LogP contribution in [0, 0.1) is 0 Å². The van der Waals surface area contributed by atoms with Crippen molar-refractivity contribution in [3.05, 3.63) is 41.2 Å². The Morgan fingerprint density at radius 2 is 2.16 bits per heavy atom. The van der Waals surface area contributed by atoms with Gasteiger partial charge in [0.05, 0.1) is 23.6 Å². The van der Waals surface area contributed by atoms with Gasteiger partial charge in [0.2, 0.25) is 0 Å². The van der Waals surface area contributed by atoms with Crippen LogP contribution < -0.4 is 5.73 Å². The molecular formula is C15H20N4. The topological polar surface area (TPSA) is 56.7 Å². The van der Waals surface area contributed by atoms with E-state index in [4.69, 9.17) is 5.73 Å². The van der Waals surface area contributed by atoms with Gasteiger partial charge in [-0.3, -0.25) is 0 Å². The van der Waals surface area contributed by atoms with Gasteiger partial charge in [-0.1, -0.05) is 24.6 Å². The van der Waals surface area contributed by atoms with Gasteiger partial charge in [0, 0.05) is 0 Å². The average Bonchev–Trinajstić information content (AvgIpc) is 3.07. The van der Waals surface area contributed by atoms with Crippen molar-refractivity contribution in [2.75, 3.05) is 0 Å². The zero-order valence-electron chi connectivity index (χ0n) is 11.3. The molecule has 0 amide bonds. The fourth-order valence-corrected chi connectivity index (χ4v) is 2.73. The monoisotopic (exact) mass is 256 g/mol. The van der Waals surface area contributed by atoms with Crippen molar-refractivity contribution in [2.24, 2.45) is 5.73 Å². The zero-order chi connectivity index (χ0) is 13.2. The largest absolute Gasteiger partial charge is 0.323 e. The molecule has 2 aromatic rings. The van der Waals surface area contributed by atoms with Gasteiger partial charge in [-0.05, 0) is 48.9 Å². The van der Waals surface area contributed by atoms with Gasteiger partial charge in [-0.25, -0.2) is 4.68 Å². The van der Waals surface area contributed by atoms with Crippen LogP contribution in [0.25, 0.3) is 5.69 Å². The molecule has 19 heavy (non-hydrogen) atoms. The molecule has 1 aliphatic rings. The minimum atomic E-state index is -0.00632. The van der Waals surface area contributed by atoms with Crippen molar-refractivity contribution < 1.29 is 0 Å². The van der Waals surface area contributed by atoms with Gasteiger partial charge in [0.25, 0.3) is 0 Å². The number of nitrogens with two attached hydrogens (primary N) is 1. The van der Waals surface area contributed by atoms with Crippen molar-refractivity contribution in [3.63, 3.8) is 0 Å². The maximum atomic E-state index is 6.07. The number of hydrogen-bond acceptors (Lipinski definition) is 3. The Morgan fingerprint density at radius 3 is 3.00 bits per heavy atom. The third-order valence-electron chi connectivity index (χ3n) is 3.84. The van der Waals surface area contributed by atoms with Crippen LogP contribution in [-0.4, -0.2) is 15.0 Å². The fourth-order valence-electron chi connectivity index (χ4n) is 2.73. The first-order valence-corrected chi connectivity index (χ1v) is 7.08. The van der Waals surface area contributed by atoms with E-state index < -0.39 is 0 Å². The van der Waals surface area contributed by atoms with Crippen LogP contribution in [0.1, 0.15) is 49.0 Å². The quantitative estimate of drug-likeness (QED) is 0.914. The Morgan fingerprint density at radius 1 is 1.32 bits per heavy atom. The highest BCUT2D eigenvalue weighted by molar-refractivity contribution is 5.42. The molecule has 1 aromatic carbocycles. The summed E-state index contributed by atoms with van der Waals surface area (Å²) in [4.78, 5) is 0.